The van der Waals surface area contributed by atoms with Crippen molar-refractivity contribution >= 4 is 10.0 Å². The average Bonchev–Trinajstić information content (AvgIpc) is 2.17. The molecule has 0 aromatic carbocycles. The lowest BCUT2D eigenvalue weighted by molar-refractivity contribution is 0.136. The molecule has 1 heterocycles. The number of hydrogen-bond acceptors (Lipinski definition) is 4. The molecule has 15 heavy (non-hydrogen) atoms. The fraction of sp³-hybridized carbons (Fsp3) is 1.00. The van der Waals surface area contributed by atoms with E-state index in [2.05, 4.69) is 10.0 Å². The normalized spacial score (nSPS) is 21.5. The first-order valence-corrected chi connectivity index (χ1v) is 6.92. The van der Waals surface area contributed by atoms with Crippen LogP contribution in [0.2, 0.25) is 0 Å². The summed E-state index contributed by atoms with van der Waals surface area (Å²) in [5.41, 5.74) is 0. The van der Waals surface area contributed by atoms with E-state index in [4.69, 9.17) is 4.74 Å². The third-order valence-electron chi connectivity index (χ3n) is 2.54. The minimum Gasteiger partial charge on any atom is -0.381 e. The molecular formula is C9H20N2O3S. The lowest BCUT2D eigenvalue weighted by Gasteiger charge is -2.24. The number of ether oxygens (including phenoxy) is 1. The highest BCUT2D eigenvalue weighted by molar-refractivity contribution is 7.89. The highest BCUT2D eigenvalue weighted by atomic mass is 32.2. The fourth-order valence-corrected chi connectivity index (χ4v) is 3.21. The Labute approximate surface area is 91.6 Å². The van der Waals surface area contributed by atoms with Gasteiger partial charge in [0.15, 0.2) is 0 Å². The van der Waals surface area contributed by atoms with Crippen LogP contribution in [-0.4, -0.2) is 46.5 Å². The van der Waals surface area contributed by atoms with Crippen LogP contribution in [0.4, 0.5) is 0 Å². The summed E-state index contributed by atoms with van der Waals surface area (Å²) in [6.45, 7) is 3.52. The second kappa shape index (κ2) is 5.79. The Hall–Kier alpha value is -0.170. The molecule has 0 saturated carbocycles. The molecule has 0 amide bonds. The fourth-order valence-electron chi connectivity index (χ4n) is 1.62. The summed E-state index contributed by atoms with van der Waals surface area (Å²) in [5, 5.41) is 3.19. The van der Waals surface area contributed by atoms with E-state index in [1.54, 1.807) is 6.92 Å². The Bertz CT molecular complexity index is 273. The van der Waals surface area contributed by atoms with Crippen LogP contribution in [0.15, 0.2) is 0 Å². The highest BCUT2D eigenvalue weighted by Crippen LogP contribution is 2.05. The van der Waals surface area contributed by atoms with Crippen LogP contribution in [0.3, 0.4) is 0 Å². The number of nitrogens with one attached hydrogen (secondary N) is 2. The zero-order valence-electron chi connectivity index (χ0n) is 9.32. The van der Waals surface area contributed by atoms with Crippen LogP contribution in [-0.2, 0) is 14.8 Å². The van der Waals surface area contributed by atoms with Crippen LogP contribution in [0, 0.1) is 0 Å². The summed E-state index contributed by atoms with van der Waals surface area (Å²) >= 11 is 0. The van der Waals surface area contributed by atoms with Crippen LogP contribution >= 0.6 is 0 Å². The molecule has 1 fully saturated rings. The first kappa shape index (κ1) is 12.9. The van der Waals surface area contributed by atoms with E-state index in [-0.39, 0.29) is 17.9 Å². The third-order valence-corrected chi connectivity index (χ3v) is 4.14. The van der Waals surface area contributed by atoms with Gasteiger partial charge in [-0.25, -0.2) is 13.1 Å². The van der Waals surface area contributed by atoms with Crippen molar-refractivity contribution in [2.24, 2.45) is 0 Å². The van der Waals surface area contributed by atoms with Gasteiger partial charge in [-0.05, 0) is 32.9 Å². The number of sulfonamides is 1. The molecular weight excluding hydrogens is 216 g/mol. The van der Waals surface area contributed by atoms with E-state index in [0.717, 1.165) is 25.9 Å². The van der Waals surface area contributed by atoms with Crippen molar-refractivity contribution in [1.82, 2.24) is 10.0 Å². The quantitative estimate of drug-likeness (QED) is 0.687. The van der Waals surface area contributed by atoms with Gasteiger partial charge in [0.1, 0.15) is 0 Å². The predicted octanol–water partition coefficient (Wildman–Crippen LogP) is -0.307. The van der Waals surface area contributed by atoms with E-state index in [0.29, 0.717) is 0 Å². The molecule has 0 bridgehead atoms. The second-order valence-electron chi connectivity index (χ2n) is 3.97. The summed E-state index contributed by atoms with van der Waals surface area (Å²) in [6, 6.07) is 0.0836. The number of rotatable bonds is 5. The molecule has 1 saturated heterocycles. The summed E-state index contributed by atoms with van der Waals surface area (Å²) in [7, 11) is -1.68. The Kier molecular flexibility index (Phi) is 4.98. The maximum Gasteiger partial charge on any atom is 0.214 e. The molecule has 5 nitrogen and oxygen atoms in total. The van der Waals surface area contributed by atoms with Gasteiger partial charge >= 0.3 is 0 Å². The van der Waals surface area contributed by atoms with E-state index in [1.165, 1.54) is 7.11 Å². The highest BCUT2D eigenvalue weighted by Gasteiger charge is 2.21. The zero-order chi connectivity index (χ0) is 11.3. The Balaban J connectivity index is 2.40. The zero-order valence-corrected chi connectivity index (χ0v) is 10.1. The maximum absolute atomic E-state index is 11.7. The van der Waals surface area contributed by atoms with Gasteiger partial charge in [-0.2, -0.15) is 0 Å². The van der Waals surface area contributed by atoms with Gasteiger partial charge in [-0.1, -0.05) is 0 Å². The Morgan fingerprint density at radius 2 is 2.07 bits per heavy atom. The van der Waals surface area contributed by atoms with Crippen molar-refractivity contribution in [3.63, 3.8) is 0 Å². The maximum atomic E-state index is 11.7. The van der Waals surface area contributed by atoms with Crippen LogP contribution < -0.4 is 10.0 Å². The van der Waals surface area contributed by atoms with E-state index >= 15 is 0 Å². The second-order valence-corrected chi connectivity index (χ2v) is 5.77. The van der Waals surface area contributed by atoms with Crippen LogP contribution in [0.5, 0.6) is 0 Å². The number of piperidine rings is 1. The van der Waals surface area contributed by atoms with Gasteiger partial charge in [0.2, 0.25) is 10.0 Å². The molecule has 0 aliphatic carbocycles. The molecule has 0 spiro atoms. The largest absolute Gasteiger partial charge is 0.381 e. The van der Waals surface area contributed by atoms with Crippen LogP contribution in [0.25, 0.3) is 0 Å². The molecule has 1 unspecified atom stereocenters. The van der Waals surface area contributed by atoms with Crippen molar-refractivity contribution in [1.29, 1.82) is 0 Å². The minimum absolute atomic E-state index is 0.0351. The van der Waals surface area contributed by atoms with Gasteiger partial charge in [0, 0.05) is 13.2 Å². The van der Waals surface area contributed by atoms with Gasteiger partial charge < -0.3 is 10.1 Å². The summed E-state index contributed by atoms with van der Waals surface area (Å²) < 4.78 is 31.0. The first-order chi connectivity index (χ1) is 7.03. The van der Waals surface area contributed by atoms with Crippen molar-refractivity contribution in [3.8, 4) is 0 Å². The van der Waals surface area contributed by atoms with Gasteiger partial charge in [0.25, 0.3) is 0 Å². The summed E-state index contributed by atoms with van der Waals surface area (Å²) in [6.07, 6.45) is 1.46. The van der Waals surface area contributed by atoms with Crippen molar-refractivity contribution in [3.05, 3.63) is 0 Å². The standard InChI is InChI=1S/C9H20N2O3S/c1-8(14-2)7-15(12,13)11-9-3-5-10-6-4-9/h8-11H,3-7H2,1-2H3. The van der Waals surface area contributed by atoms with Crippen molar-refractivity contribution in [2.75, 3.05) is 26.0 Å². The van der Waals surface area contributed by atoms with Crippen molar-refractivity contribution in [2.45, 2.75) is 31.9 Å². The molecule has 6 heteroatoms. The molecule has 1 aliphatic rings. The molecule has 0 aromatic rings. The third kappa shape index (κ3) is 4.92. The molecule has 1 atom stereocenters. The molecule has 1 rings (SSSR count). The smallest absolute Gasteiger partial charge is 0.214 e. The van der Waals surface area contributed by atoms with Crippen molar-refractivity contribution < 1.29 is 13.2 Å². The molecule has 1 aliphatic heterocycles. The molecule has 90 valence electrons. The number of methoxy groups -OCH3 is 1. The van der Waals surface area contributed by atoms with Gasteiger partial charge in [0.05, 0.1) is 11.9 Å². The van der Waals surface area contributed by atoms with E-state index in [1.807, 2.05) is 0 Å². The molecule has 2 N–H and O–H groups in total. The Morgan fingerprint density at radius 1 is 1.47 bits per heavy atom. The summed E-state index contributed by atoms with van der Waals surface area (Å²) in [5.74, 6) is 0.0351. The van der Waals surface area contributed by atoms with Gasteiger partial charge in [-0.3, -0.25) is 0 Å². The molecule has 0 aromatic heterocycles. The lowest BCUT2D eigenvalue weighted by atomic mass is 10.1. The monoisotopic (exact) mass is 236 g/mol. The summed E-state index contributed by atoms with van der Waals surface area (Å²) in [4.78, 5) is 0. The predicted molar refractivity (Wildman–Crippen MR) is 59.3 cm³/mol. The lowest BCUT2D eigenvalue weighted by Crippen LogP contribution is -2.44. The minimum atomic E-state index is -3.20. The van der Waals surface area contributed by atoms with Gasteiger partial charge in [-0.15, -0.1) is 0 Å². The first-order valence-electron chi connectivity index (χ1n) is 5.27. The number of hydrogen-bond donors (Lipinski definition) is 2. The van der Waals surface area contributed by atoms with E-state index in [9.17, 15) is 8.42 Å². The molecule has 0 radical (unpaired) electrons. The Morgan fingerprint density at radius 3 is 2.60 bits per heavy atom. The van der Waals surface area contributed by atoms with Crippen LogP contribution in [0.1, 0.15) is 19.8 Å². The average molecular weight is 236 g/mol. The van der Waals surface area contributed by atoms with E-state index < -0.39 is 10.0 Å². The SMILES string of the molecule is COC(C)CS(=O)(=O)NC1CCNCC1. The topological polar surface area (TPSA) is 67.4 Å².